The molecule has 0 fully saturated rings. The molecule has 0 saturated carbocycles. The van der Waals surface area contributed by atoms with Gasteiger partial charge in [0.15, 0.2) is 0 Å². The van der Waals surface area contributed by atoms with Crippen LogP contribution in [0.3, 0.4) is 0 Å². The Hall–Kier alpha value is -0.280. The van der Waals surface area contributed by atoms with Gasteiger partial charge in [-0.1, -0.05) is 0 Å². The SMILES string of the molecule is FC(F)CCC(F)F. The second kappa shape index (κ2) is 3.69. The molecule has 0 radical (unpaired) electrons. The number of halogens is 4. The first-order valence-corrected chi connectivity index (χ1v) is 2.19. The van der Waals surface area contributed by atoms with Crippen LogP contribution in [0.4, 0.5) is 17.6 Å². The van der Waals surface area contributed by atoms with Crippen LogP contribution in [0.15, 0.2) is 0 Å². The Labute approximate surface area is 44.5 Å². The minimum Gasteiger partial charge on any atom is -0.211 e. The summed E-state index contributed by atoms with van der Waals surface area (Å²) in [4.78, 5) is 0. The standard InChI is InChI=1S/C4H6F4/c5-3(6)1-2-4(7)8/h3-4H,1-2H2. The monoisotopic (exact) mass is 130 g/mol. The largest absolute Gasteiger partial charge is 0.238 e. The van der Waals surface area contributed by atoms with Gasteiger partial charge in [0.05, 0.1) is 0 Å². The molecule has 0 aromatic rings. The van der Waals surface area contributed by atoms with Gasteiger partial charge in [0.1, 0.15) is 0 Å². The van der Waals surface area contributed by atoms with E-state index in [2.05, 4.69) is 0 Å². The van der Waals surface area contributed by atoms with Crippen molar-refractivity contribution in [3.8, 4) is 0 Å². The number of hydrogen-bond acceptors (Lipinski definition) is 0. The Kier molecular flexibility index (Phi) is 3.56. The van der Waals surface area contributed by atoms with Crippen LogP contribution in [0.1, 0.15) is 12.8 Å². The van der Waals surface area contributed by atoms with Crippen LogP contribution >= 0.6 is 0 Å². The van der Waals surface area contributed by atoms with E-state index < -0.39 is 25.7 Å². The lowest BCUT2D eigenvalue weighted by Gasteiger charge is -1.95. The van der Waals surface area contributed by atoms with Crippen molar-refractivity contribution in [1.82, 2.24) is 0 Å². The van der Waals surface area contributed by atoms with Crippen LogP contribution < -0.4 is 0 Å². The molecular weight excluding hydrogens is 124 g/mol. The first-order valence-electron chi connectivity index (χ1n) is 2.19. The van der Waals surface area contributed by atoms with E-state index in [1.54, 1.807) is 0 Å². The molecule has 0 nitrogen and oxygen atoms in total. The van der Waals surface area contributed by atoms with Crippen molar-refractivity contribution in [2.75, 3.05) is 0 Å². The maximum atomic E-state index is 11.1. The summed E-state index contributed by atoms with van der Waals surface area (Å²) in [5, 5.41) is 0. The molecule has 0 aliphatic carbocycles. The number of rotatable bonds is 3. The van der Waals surface area contributed by atoms with E-state index in [1.165, 1.54) is 0 Å². The maximum absolute atomic E-state index is 11.1. The molecule has 0 aliphatic heterocycles. The van der Waals surface area contributed by atoms with Crippen LogP contribution in [0.2, 0.25) is 0 Å². The maximum Gasteiger partial charge on any atom is 0.238 e. The van der Waals surface area contributed by atoms with Crippen molar-refractivity contribution in [2.45, 2.75) is 25.7 Å². The van der Waals surface area contributed by atoms with Crippen LogP contribution in [-0.2, 0) is 0 Å². The average Bonchev–Trinajstić information content (AvgIpc) is 1.61. The first-order chi connectivity index (χ1) is 3.63. The second-order valence-corrected chi connectivity index (χ2v) is 1.36. The summed E-state index contributed by atoms with van der Waals surface area (Å²) in [6, 6.07) is 0. The van der Waals surface area contributed by atoms with Gasteiger partial charge < -0.3 is 0 Å². The molecule has 0 amide bonds. The Morgan fingerprint density at radius 3 is 1.12 bits per heavy atom. The zero-order chi connectivity index (χ0) is 6.57. The van der Waals surface area contributed by atoms with Gasteiger partial charge in [-0.15, -0.1) is 0 Å². The van der Waals surface area contributed by atoms with Crippen molar-refractivity contribution in [3.05, 3.63) is 0 Å². The Morgan fingerprint density at radius 1 is 0.750 bits per heavy atom. The Balaban J connectivity index is 2.93. The Morgan fingerprint density at radius 2 is 1.00 bits per heavy atom. The first kappa shape index (κ1) is 7.72. The highest BCUT2D eigenvalue weighted by Crippen LogP contribution is 2.08. The van der Waals surface area contributed by atoms with Crippen LogP contribution in [-0.4, -0.2) is 12.9 Å². The summed E-state index contributed by atoms with van der Waals surface area (Å²) in [7, 11) is 0. The molecule has 0 atom stereocenters. The van der Waals surface area contributed by atoms with E-state index in [0.29, 0.717) is 0 Å². The molecule has 0 aliphatic rings. The lowest BCUT2D eigenvalue weighted by Crippen LogP contribution is -1.95. The molecule has 4 heteroatoms. The minimum absolute atomic E-state index is 0.697. The molecule has 0 aromatic heterocycles. The fourth-order valence-corrected chi connectivity index (χ4v) is 0.252. The summed E-state index contributed by atoms with van der Waals surface area (Å²) < 4.78 is 44.2. The third kappa shape index (κ3) is 5.72. The van der Waals surface area contributed by atoms with Gasteiger partial charge >= 0.3 is 0 Å². The molecule has 0 aromatic carbocycles. The molecule has 0 spiro atoms. The Bertz CT molecular complexity index is 44.0. The number of hydrogen-bond donors (Lipinski definition) is 0. The van der Waals surface area contributed by atoms with Gasteiger partial charge in [-0.05, 0) is 0 Å². The van der Waals surface area contributed by atoms with Gasteiger partial charge in [-0.3, -0.25) is 0 Å². The van der Waals surface area contributed by atoms with E-state index >= 15 is 0 Å². The zero-order valence-corrected chi connectivity index (χ0v) is 4.08. The van der Waals surface area contributed by atoms with Gasteiger partial charge in [0.25, 0.3) is 0 Å². The predicted octanol–water partition coefficient (Wildman–Crippen LogP) is 2.30. The summed E-state index contributed by atoms with van der Waals surface area (Å²) in [6.07, 6.45) is -6.58. The van der Waals surface area contributed by atoms with Crippen molar-refractivity contribution < 1.29 is 17.6 Å². The minimum atomic E-state index is -2.59. The fourth-order valence-electron chi connectivity index (χ4n) is 0.252. The normalized spacial score (nSPS) is 11.2. The topological polar surface area (TPSA) is 0 Å². The molecular formula is C4H6F4. The third-order valence-corrected chi connectivity index (χ3v) is 0.603. The third-order valence-electron chi connectivity index (χ3n) is 0.603. The summed E-state index contributed by atoms with van der Waals surface area (Å²) in [5.74, 6) is 0. The molecule has 0 rings (SSSR count). The second-order valence-electron chi connectivity index (χ2n) is 1.36. The smallest absolute Gasteiger partial charge is 0.211 e. The van der Waals surface area contributed by atoms with Crippen LogP contribution in [0.25, 0.3) is 0 Å². The molecule has 0 saturated heterocycles. The van der Waals surface area contributed by atoms with Gasteiger partial charge in [0.2, 0.25) is 12.9 Å². The van der Waals surface area contributed by atoms with E-state index in [1.807, 2.05) is 0 Å². The highest BCUT2D eigenvalue weighted by molar-refractivity contribution is 4.43. The number of alkyl halides is 4. The van der Waals surface area contributed by atoms with E-state index in [0.717, 1.165) is 0 Å². The summed E-state index contributed by atoms with van der Waals surface area (Å²) in [5.41, 5.74) is 0. The fraction of sp³-hybridized carbons (Fsp3) is 1.00. The van der Waals surface area contributed by atoms with Gasteiger partial charge in [-0.2, -0.15) is 0 Å². The van der Waals surface area contributed by atoms with Crippen molar-refractivity contribution in [3.63, 3.8) is 0 Å². The van der Waals surface area contributed by atoms with Gasteiger partial charge in [-0.25, -0.2) is 17.6 Å². The lowest BCUT2D eigenvalue weighted by molar-refractivity contribution is 0.0815. The van der Waals surface area contributed by atoms with Crippen molar-refractivity contribution in [2.24, 2.45) is 0 Å². The zero-order valence-electron chi connectivity index (χ0n) is 4.08. The van der Waals surface area contributed by atoms with Crippen LogP contribution in [0, 0.1) is 0 Å². The van der Waals surface area contributed by atoms with E-state index in [9.17, 15) is 17.6 Å². The summed E-state index contributed by atoms with van der Waals surface area (Å²) in [6.45, 7) is 0. The van der Waals surface area contributed by atoms with Crippen molar-refractivity contribution >= 4 is 0 Å². The highest BCUT2D eigenvalue weighted by atomic mass is 19.3. The quantitative estimate of drug-likeness (QED) is 0.514. The summed E-state index contributed by atoms with van der Waals surface area (Å²) >= 11 is 0. The van der Waals surface area contributed by atoms with E-state index in [4.69, 9.17) is 0 Å². The molecule has 8 heavy (non-hydrogen) atoms. The molecule has 50 valence electrons. The van der Waals surface area contributed by atoms with Crippen molar-refractivity contribution in [1.29, 1.82) is 0 Å². The highest BCUT2D eigenvalue weighted by Gasteiger charge is 2.07. The molecule has 0 heterocycles. The molecule has 0 N–H and O–H groups in total. The van der Waals surface area contributed by atoms with Crippen LogP contribution in [0.5, 0.6) is 0 Å². The van der Waals surface area contributed by atoms with Gasteiger partial charge in [0, 0.05) is 12.8 Å². The molecule has 0 bridgehead atoms. The molecule has 0 unspecified atom stereocenters. The van der Waals surface area contributed by atoms with E-state index in [-0.39, 0.29) is 0 Å². The average molecular weight is 130 g/mol. The predicted molar refractivity (Wildman–Crippen MR) is 21.2 cm³/mol. The lowest BCUT2D eigenvalue weighted by atomic mass is 10.3.